The smallest absolute Gasteiger partial charge is 0.283 e. The SMILES string of the molecule is NC(=O)c1ccc(SCC(=O)NCC(=O)NC2CCCCC2)c([N+](=O)[O-])c1. The molecule has 1 aliphatic carbocycles. The van der Waals surface area contributed by atoms with Crippen molar-refractivity contribution in [3.63, 3.8) is 0 Å². The molecule has 1 aromatic carbocycles. The molecule has 0 aromatic heterocycles. The first-order chi connectivity index (χ1) is 12.9. The lowest BCUT2D eigenvalue weighted by Crippen LogP contribution is -2.43. The van der Waals surface area contributed by atoms with Crippen LogP contribution in [0.3, 0.4) is 0 Å². The van der Waals surface area contributed by atoms with Crippen molar-refractivity contribution in [3.8, 4) is 0 Å². The summed E-state index contributed by atoms with van der Waals surface area (Å²) in [5.74, 6) is -1.51. The van der Waals surface area contributed by atoms with Crippen LogP contribution < -0.4 is 16.4 Å². The highest BCUT2D eigenvalue weighted by Gasteiger charge is 2.19. The van der Waals surface area contributed by atoms with Gasteiger partial charge in [-0.05, 0) is 25.0 Å². The third-order valence-corrected chi connectivity index (χ3v) is 5.28. The first kappa shape index (κ1) is 20.7. The molecule has 3 amide bonds. The van der Waals surface area contributed by atoms with E-state index in [2.05, 4.69) is 10.6 Å². The number of nitrogens with two attached hydrogens (primary N) is 1. The summed E-state index contributed by atoms with van der Waals surface area (Å²) >= 11 is 0.954. The van der Waals surface area contributed by atoms with Crippen molar-refractivity contribution in [3.05, 3.63) is 33.9 Å². The second kappa shape index (κ2) is 9.91. The molecule has 1 saturated carbocycles. The highest BCUT2D eigenvalue weighted by molar-refractivity contribution is 8.00. The zero-order valence-corrected chi connectivity index (χ0v) is 15.5. The van der Waals surface area contributed by atoms with E-state index in [1.807, 2.05) is 0 Å². The average molecular weight is 394 g/mol. The van der Waals surface area contributed by atoms with Gasteiger partial charge in [0.2, 0.25) is 17.7 Å². The maximum Gasteiger partial charge on any atom is 0.283 e. The van der Waals surface area contributed by atoms with Crippen LogP contribution in [0, 0.1) is 10.1 Å². The molecular weight excluding hydrogens is 372 g/mol. The lowest BCUT2D eigenvalue weighted by Gasteiger charge is -2.22. The minimum atomic E-state index is -0.767. The van der Waals surface area contributed by atoms with Gasteiger partial charge in [-0.2, -0.15) is 0 Å². The van der Waals surface area contributed by atoms with Crippen LogP contribution in [-0.2, 0) is 9.59 Å². The minimum absolute atomic E-state index is 0.0230. The molecule has 146 valence electrons. The fraction of sp³-hybridized carbons (Fsp3) is 0.471. The number of carbonyl (C=O) groups excluding carboxylic acids is 3. The van der Waals surface area contributed by atoms with Gasteiger partial charge < -0.3 is 16.4 Å². The molecular formula is C17H22N4O5S. The molecule has 9 nitrogen and oxygen atoms in total. The van der Waals surface area contributed by atoms with Crippen molar-refractivity contribution < 1.29 is 19.3 Å². The van der Waals surface area contributed by atoms with Crippen molar-refractivity contribution in [2.45, 2.75) is 43.0 Å². The highest BCUT2D eigenvalue weighted by Crippen LogP contribution is 2.29. The number of nitro groups is 1. The standard InChI is InChI=1S/C17H22N4O5S/c18-17(24)11-6-7-14(13(8-11)21(25)26)27-10-16(23)19-9-15(22)20-12-4-2-1-3-5-12/h6-8,12H,1-5,9-10H2,(H2,18,24)(H,19,23)(H,20,22). The van der Waals surface area contributed by atoms with Gasteiger partial charge in [-0.25, -0.2) is 0 Å². The van der Waals surface area contributed by atoms with E-state index in [0.717, 1.165) is 43.5 Å². The maximum atomic E-state index is 11.9. The number of hydrogen-bond acceptors (Lipinski definition) is 6. The molecule has 10 heteroatoms. The zero-order valence-electron chi connectivity index (χ0n) is 14.7. The van der Waals surface area contributed by atoms with Gasteiger partial charge in [-0.1, -0.05) is 19.3 Å². The molecule has 0 saturated heterocycles. The predicted molar refractivity (Wildman–Crippen MR) is 100 cm³/mol. The number of nitro benzene ring substituents is 1. The summed E-state index contributed by atoms with van der Waals surface area (Å²) in [4.78, 5) is 45.7. The number of nitrogens with zero attached hydrogens (tertiary/aromatic N) is 1. The molecule has 0 spiro atoms. The van der Waals surface area contributed by atoms with Crippen molar-refractivity contribution in [2.75, 3.05) is 12.3 Å². The fourth-order valence-corrected chi connectivity index (χ4v) is 3.67. The molecule has 0 atom stereocenters. The Morgan fingerprint density at radius 3 is 2.52 bits per heavy atom. The summed E-state index contributed by atoms with van der Waals surface area (Å²) in [6, 6.07) is 4.00. The topological polar surface area (TPSA) is 144 Å². The van der Waals surface area contributed by atoms with Gasteiger partial charge in [0.1, 0.15) is 0 Å². The highest BCUT2D eigenvalue weighted by atomic mass is 32.2. The van der Waals surface area contributed by atoms with E-state index in [9.17, 15) is 24.5 Å². The predicted octanol–water partition coefficient (Wildman–Crippen LogP) is 1.35. The normalized spacial score (nSPS) is 14.4. The summed E-state index contributed by atoms with van der Waals surface area (Å²) in [5.41, 5.74) is 4.85. The maximum absolute atomic E-state index is 11.9. The molecule has 0 radical (unpaired) electrons. The van der Waals surface area contributed by atoms with E-state index in [4.69, 9.17) is 5.73 Å². The molecule has 2 rings (SSSR count). The van der Waals surface area contributed by atoms with E-state index >= 15 is 0 Å². The Hall–Kier alpha value is -2.62. The molecule has 4 N–H and O–H groups in total. The number of thioether (sulfide) groups is 1. The quantitative estimate of drug-likeness (QED) is 0.345. The Morgan fingerprint density at radius 1 is 1.19 bits per heavy atom. The molecule has 27 heavy (non-hydrogen) atoms. The molecule has 1 aliphatic rings. The third kappa shape index (κ3) is 6.55. The van der Waals surface area contributed by atoms with Crippen LogP contribution in [0.4, 0.5) is 5.69 Å². The number of benzene rings is 1. The largest absolute Gasteiger partial charge is 0.366 e. The molecule has 1 fully saturated rings. The Bertz CT molecular complexity index is 734. The minimum Gasteiger partial charge on any atom is -0.366 e. The number of primary amides is 1. The summed E-state index contributed by atoms with van der Waals surface area (Å²) in [6.45, 7) is -0.126. The van der Waals surface area contributed by atoms with Crippen molar-refractivity contribution in [1.82, 2.24) is 10.6 Å². The Labute approximate surface area is 160 Å². The summed E-state index contributed by atoms with van der Waals surface area (Å²) in [5, 5.41) is 16.5. The number of hydrogen-bond donors (Lipinski definition) is 3. The van der Waals surface area contributed by atoms with E-state index in [-0.39, 0.29) is 40.4 Å². The summed E-state index contributed by atoms with van der Waals surface area (Å²) < 4.78 is 0. The van der Waals surface area contributed by atoms with Crippen LogP contribution in [0.1, 0.15) is 42.5 Å². The Morgan fingerprint density at radius 2 is 1.89 bits per heavy atom. The second-order valence-electron chi connectivity index (χ2n) is 6.27. The number of nitrogens with one attached hydrogen (secondary N) is 2. The fourth-order valence-electron chi connectivity index (χ4n) is 2.83. The van der Waals surface area contributed by atoms with E-state index < -0.39 is 16.7 Å². The summed E-state index contributed by atoms with van der Waals surface area (Å²) in [7, 11) is 0. The van der Waals surface area contributed by atoms with Crippen LogP contribution in [0.25, 0.3) is 0 Å². The number of carbonyl (C=O) groups is 3. The van der Waals surface area contributed by atoms with Gasteiger partial charge in [0.15, 0.2) is 0 Å². The Kier molecular flexibility index (Phi) is 7.59. The van der Waals surface area contributed by atoms with Gasteiger partial charge in [-0.15, -0.1) is 11.8 Å². The van der Waals surface area contributed by atoms with Crippen molar-refractivity contribution in [1.29, 1.82) is 0 Å². The number of rotatable bonds is 8. The van der Waals surface area contributed by atoms with Crippen LogP contribution in [-0.4, -0.2) is 41.0 Å². The van der Waals surface area contributed by atoms with Crippen molar-refractivity contribution >= 4 is 35.2 Å². The first-order valence-electron chi connectivity index (χ1n) is 8.64. The van der Waals surface area contributed by atoms with Gasteiger partial charge >= 0.3 is 0 Å². The lowest BCUT2D eigenvalue weighted by molar-refractivity contribution is -0.387. The van der Waals surface area contributed by atoms with Gasteiger partial charge in [0.05, 0.1) is 22.1 Å². The van der Waals surface area contributed by atoms with Gasteiger partial charge in [0, 0.05) is 17.7 Å². The monoisotopic (exact) mass is 394 g/mol. The molecule has 1 aromatic rings. The van der Waals surface area contributed by atoms with Gasteiger partial charge in [-0.3, -0.25) is 24.5 Å². The van der Waals surface area contributed by atoms with E-state index in [0.29, 0.717) is 0 Å². The van der Waals surface area contributed by atoms with Gasteiger partial charge in [0.25, 0.3) is 5.69 Å². The van der Waals surface area contributed by atoms with E-state index in [1.54, 1.807) is 0 Å². The van der Waals surface area contributed by atoms with Crippen molar-refractivity contribution in [2.24, 2.45) is 5.73 Å². The second-order valence-corrected chi connectivity index (χ2v) is 7.29. The van der Waals surface area contributed by atoms with E-state index in [1.165, 1.54) is 18.6 Å². The molecule has 0 heterocycles. The Balaban J connectivity index is 1.81. The summed E-state index contributed by atoms with van der Waals surface area (Å²) in [6.07, 6.45) is 5.30. The first-order valence-corrected chi connectivity index (χ1v) is 9.62. The van der Waals surface area contributed by atoms with Crippen LogP contribution >= 0.6 is 11.8 Å². The van der Waals surface area contributed by atoms with Crippen LogP contribution in [0.15, 0.2) is 23.1 Å². The van der Waals surface area contributed by atoms with Crippen LogP contribution in [0.5, 0.6) is 0 Å². The van der Waals surface area contributed by atoms with Crippen LogP contribution in [0.2, 0.25) is 0 Å². The lowest BCUT2D eigenvalue weighted by atomic mass is 9.95. The third-order valence-electron chi connectivity index (χ3n) is 4.22. The average Bonchev–Trinajstić information content (AvgIpc) is 2.65. The molecule has 0 unspecified atom stereocenters. The molecule has 0 bridgehead atoms. The zero-order chi connectivity index (χ0) is 19.8. The number of amides is 3. The molecule has 0 aliphatic heterocycles.